The number of sulfonamides is 2. The summed E-state index contributed by atoms with van der Waals surface area (Å²) in [5, 5.41) is 2.66. The van der Waals surface area contributed by atoms with E-state index in [2.05, 4.69) is 15.0 Å². The molecular weight excluding hydrogens is 524 g/mol. The van der Waals surface area contributed by atoms with E-state index in [-0.39, 0.29) is 15.6 Å². The zero-order valence-corrected chi connectivity index (χ0v) is 22.3. The maximum Gasteiger partial charge on any atom is 0.264 e. The minimum absolute atomic E-state index is 0.0233. The lowest BCUT2D eigenvalue weighted by molar-refractivity contribution is -0.114. The van der Waals surface area contributed by atoms with Crippen molar-refractivity contribution in [2.75, 3.05) is 20.9 Å². The van der Waals surface area contributed by atoms with E-state index in [1.807, 2.05) is 13.0 Å². The molecule has 0 atom stereocenters. The van der Waals surface area contributed by atoms with E-state index in [0.29, 0.717) is 11.4 Å². The first-order valence-electron chi connectivity index (χ1n) is 11.6. The van der Waals surface area contributed by atoms with Crippen LogP contribution in [0.4, 0.5) is 17.2 Å². The van der Waals surface area contributed by atoms with Gasteiger partial charge in [-0.25, -0.2) is 21.8 Å². The number of carbonyl (C=O) groups excluding carboxylic acids is 1. The van der Waals surface area contributed by atoms with E-state index in [9.17, 15) is 21.6 Å². The van der Waals surface area contributed by atoms with Crippen LogP contribution in [0.1, 0.15) is 11.1 Å². The Labute approximate surface area is 222 Å². The third kappa shape index (κ3) is 6.01. The van der Waals surface area contributed by atoms with Crippen LogP contribution in [0, 0.1) is 13.8 Å². The van der Waals surface area contributed by atoms with Crippen molar-refractivity contribution in [2.45, 2.75) is 23.6 Å². The van der Waals surface area contributed by atoms with Gasteiger partial charge in [0.25, 0.3) is 20.0 Å². The van der Waals surface area contributed by atoms with Gasteiger partial charge in [-0.1, -0.05) is 36.4 Å². The summed E-state index contributed by atoms with van der Waals surface area (Å²) in [6, 6.07) is 23.5. The van der Waals surface area contributed by atoms with E-state index in [1.54, 1.807) is 49.4 Å². The van der Waals surface area contributed by atoms with Gasteiger partial charge < -0.3 is 5.32 Å². The normalized spacial score (nSPS) is 11.5. The predicted molar refractivity (Wildman–Crippen MR) is 147 cm³/mol. The maximum atomic E-state index is 13.6. The van der Waals surface area contributed by atoms with Crippen molar-refractivity contribution in [2.24, 2.45) is 0 Å². The molecule has 0 aliphatic carbocycles. The molecule has 0 fully saturated rings. The number of nitrogens with zero attached hydrogens (tertiary/aromatic N) is 2. The van der Waals surface area contributed by atoms with Gasteiger partial charge in [-0.3, -0.25) is 13.8 Å². The molecule has 38 heavy (non-hydrogen) atoms. The van der Waals surface area contributed by atoms with Gasteiger partial charge >= 0.3 is 0 Å². The fourth-order valence-corrected chi connectivity index (χ4v) is 6.20. The SMILES string of the molecule is Cc1cccc(N(CC(=O)Nc2ccc(S(=O)(=O)Nc3ccccn3)cc2)S(=O)(=O)c2ccccc2)c1C. The van der Waals surface area contributed by atoms with Crippen LogP contribution in [-0.2, 0) is 24.8 Å². The number of nitrogens with one attached hydrogen (secondary N) is 2. The Morgan fingerprint density at radius 2 is 1.47 bits per heavy atom. The molecule has 0 saturated carbocycles. The molecule has 1 heterocycles. The number of rotatable bonds is 9. The molecule has 2 N–H and O–H groups in total. The average molecular weight is 551 g/mol. The first kappa shape index (κ1) is 26.8. The molecule has 0 spiro atoms. The van der Waals surface area contributed by atoms with Gasteiger partial charge in [0.2, 0.25) is 5.91 Å². The van der Waals surface area contributed by atoms with Crippen LogP contribution in [0.15, 0.2) is 107 Å². The lowest BCUT2D eigenvalue weighted by atomic mass is 10.1. The summed E-state index contributed by atoms with van der Waals surface area (Å²) >= 11 is 0. The second kappa shape index (κ2) is 11.0. The Kier molecular flexibility index (Phi) is 7.79. The topological polar surface area (TPSA) is 126 Å². The molecule has 1 amide bonds. The number of hydrogen-bond acceptors (Lipinski definition) is 6. The third-order valence-electron chi connectivity index (χ3n) is 5.82. The van der Waals surface area contributed by atoms with E-state index < -0.39 is 32.5 Å². The number of anilines is 3. The highest BCUT2D eigenvalue weighted by molar-refractivity contribution is 7.93. The van der Waals surface area contributed by atoms with Gasteiger partial charge in [0, 0.05) is 11.9 Å². The fraction of sp³-hybridized carbons (Fsp3) is 0.111. The second-order valence-electron chi connectivity index (χ2n) is 8.44. The Hall–Kier alpha value is -4.22. The zero-order valence-electron chi connectivity index (χ0n) is 20.7. The van der Waals surface area contributed by atoms with Crippen LogP contribution in [-0.4, -0.2) is 34.3 Å². The minimum Gasteiger partial charge on any atom is -0.325 e. The van der Waals surface area contributed by atoms with Crippen LogP contribution >= 0.6 is 0 Å². The van der Waals surface area contributed by atoms with E-state index in [1.165, 1.54) is 48.7 Å². The Morgan fingerprint density at radius 3 is 2.13 bits per heavy atom. The molecule has 1 aromatic heterocycles. The summed E-state index contributed by atoms with van der Waals surface area (Å²) in [5.74, 6) is -0.413. The molecule has 4 aromatic rings. The molecule has 0 unspecified atom stereocenters. The number of amides is 1. The van der Waals surface area contributed by atoms with Gasteiger partial charge in [-0.05, 0) is 79.6 Å². The lowest BCUT2D eigenvalue weighted by Crippen LogP contribution is -2.38. The highest BCUT2D eigenvalue weighted by Gasteiger charge is 2.28. The number of carbonyl (C=O) groups is 1. The summed E-state index contributed by atoms with van der Waals surface area (Å²) in [4.78, 5) is 17.0. The van der Waals surface area contributed by atoms with Crippen LogP contribution in [0.2, 0.25) is 0 Å². The highest BCUT2D eigenvalue weighted by Crippen LogP contribution is 2.28. The maximum absolute atomic E-state index is 13.6. The molecule has 3 aromatic carbocycles. The van der Waals surface area contributed by atoms with Crippen molar-refractivity contribution in [3.63, 3.8) is 0 Å². The first-order valence-corrected chi connectivity index (χ1v) is 14.5. The van der Waals surface area contributed by atoms with E-state index in [0.717, 1.165) is 15.4 Å². The van der Waals surface area contributed by atoms with Gasteiger partial charge in [-0.2, -0.15) is 0 Å². The van der Waals surface area contributed by atoms with Crippen molar-refractivity contribution in [1.82, 2.24) is 4.98 Å². The second-order valence-corrected chi connectivity index (χ2v) is 12.0. The molecule has 0 aliphatic rings. The van der Waals surface area contributed by atoms with Crippen molar-refractivity contribution >= 4 is 43.1 Å². The first-order chi connectivity index (χ1) is 18.1. The van der Waals surface area contributed by atoms with Gasteiger partial charge in [0.1, 0.15) is 12.4 Å². The third-order valence-corrected chi connectivity index (χ3v) is 8.96. The predicted octanol–water partition coefficient (Wildman–Crippen LogP) is 4.33. The van der Waals surface area contributed by atoms with Crippen LogP contribution < -0.4 is 14.3 Å². The summed E-state index contributed by atoms with van der Waals surface area (Å²) in [5.41, 5.74) is 2.32. The Balaban J connectivity index is 1.56. The van der Waals surface area contributed by atoms with Crippen LogP contribution in [0.25, 0.3) is 0 Å². The molecule has 11 heteroatoms. The minimum atomic E-state index is -4.06. The van der Waals surface area contributed by atoms with Crippen LogP contribution in [0.3, 0.4) is 0 Å². The molecule has 0 saturated heterocycles. The summed E-state index contributed by atoms with van der Waals surface area (Å²) in [7, 11) is -7.94. The molecule has 0 aliphatic heterocycles. The van der Waals surface area contributed by atoms with E-state index in [4.69, 9.17) is 0 Å². The Morgan fingerprint density at radius 1 is 0.789 bits per heavy atom. The van der Waals surface area contributed by atoms with Crippen molar-refractivity contribution < 1.29 is 21.6 Å². The average Bonchev–Trinajstić information content (AvgIpc) is 2.90. The highest BCUT2D eigenvalue weighted by atomic mass is 32.2. The van der Waals surface area contributed by atoms with Crippen molar-refractivity contribution in [3.05, 3.63) is 108 Å². The molecule has 0 radical (unpaired) electrons. The number of aryl methyl sites for hydroxylation is 1. The van der Waals surface area contributed by atoms with Gasteiger partial charge in [0.05, 0.1) is 15.5 Å². The van der Waals surface area contributed by atoms with Crippen molar-refractivity contribution in [3.8, 4) is 0 Å². The van der Waals surface area contributed by atoms with Crippen LogP contribution in [0.5, 0.6) is 0 Å². The smallest absolute Gasteiger partial charge is 0.264 e. The summed E-state index contributed by atoms with van der Waals surface area (Å²) in [6.45, 7) is 3.18. The molecule has 4 rings (SSSR count). The summed E-state index contributed by atoms with van der Waals surface area (Å²) < 4.78 is 55.8. The lowest BCUT2D eigenvalue weighted by Gasteiger charge is -2.26. The van der Waals surface area contributed by atoms with Gasteiger partial charge in [-0.15, -0.1) is 0 Å². The summed E-state index contributed by atoms with van der Waals surface area (Å²) in [6.07, 6.45) is 1.47. The molecule has 9 nitrogen and oxygen atoms in total. The molecule has 196 valence electrons. The van der Waals surface area contributed by atoms with Gasteiger partial charge in [0.15, 0.2) is 0 Å². The molecular formula is C27H26N4O5S2. The molecule has 0 bridgehead atoms. The van der Waals surface area contributed by atoms with E-state index >= 15 is 0 Å². The zero-order chi connectivity index (χ0) is 27.3. The number of aromatic nitrogens is 1. The standard InChI is InChI=1S/C27H26N4O5S2/c1-20-9-8-12-25(21(20)2)31(38(35,36)24-10-4-3-5-11-24)19-27(32)29-22-14-16-23(17-15-22)37(33,34)30-26-13-6-7-18-28-26/h3-18H,19H2,1-2H3,(H,28,30)(H,29,32). The fourth-order valence-electron chi connectivity index (χ4n) is 3.69. The Bertz CT molecular complexity index is 1640. The largest absolute Gasteiger partial charge is 0.325 e. The number of benzene rings is 3. The number of hydrogen-bond donors (Lipinski definition) is 2. The monoisotopic (exact) mass is 550 g/mol. The number of pyridine rings is 1. The van der Waals surface area contributed by atoms with Crippen molar-refractivity contribution in [1.29, 1.82) is 0 Å². The quantitative estimate of drug-likeness (QED) is 0.320.